The summed E-state index contributed by atoms with van der Waals surface area (Å²) in [5.74, 6) is 0. The molecule has 15 heavy (non-hydrogen) atoms. The molecular formula is C13H12N2. The minimum atomic E-state index is 1.04. The van der Waals surface area contributed by atoms with Gasteiger partial charge in [-0.15, -0.1) is 0 Å². The average molecular weight is 196 g/mol. The summed E-state index contributed by atoms with van der Waals surface area (Å²) in [6, 6.07) is 12.5. The van der Waals surface area contributed by atoms with Crippen LogP contribution < -0.4 is 0 Å². The number of nitrogens with zero attached hydrogens (tertiary/aromatic N) is 2. The van der Waals surface area contributed by atoms with E-state index in [2.05, 4.69) is 53.6 Å². The predicted molar refractivity (Wildman–Crippen MR) is 62.2 cm³/mol. The monoisotopic (exact) mass is 196 g/mol. The van der Waals surface area contributed by atoms with E-state index in [0.29, 0.717) is 0 Å². The van der Waals surface area contributed by atoms with Gasteiger partial charge in [-0.3, -0.25) is 4.40 Å². The predicted octanol–water partition coefficient (Wildman–Crippen LogP) is 3.10. The van der Waals surface area contributed by atoms with Crippen molar-refractivity contribution in [3.8, 4) is 0 Å². The first-order valence-electron chi connectivity index (χ1n) is 5.10. The molecule has 0 aliphatic rings. The Bertz CT molecular complexity index is 650. The van der Waals surface area contributed by atoms with Gasteiger partial charge in [0.05, 0.1) is 11.0 Å². The highest BCUT2D eigenvalue weighted by atomic mass is 15.0. The topological polar surface area (TPSA) is 17.3 Å². The lowest BCUT2D eigenvalue weighted by Gasteiger charge is -2.02. The van der Waals surface area contributed by atoms with Gasteiger partial charge in [0.25, 0.3) is 0 Å². The number of para-hydroxylation sites is 2. The Labute approximate surface area is 88.2 Å². The largest absolute Gasteiger partial charge is 0.297 e. The Hall–Kier alpha value is -1.83. The molecule has 2 heteroatoms. The van der Waals surface area contributed by atoms with Gasteiger partial charge in [-0.2, -0.15) is 0 Å². The first-order valence-corrected chi connectivity index (χ1v) is 5.10. The molecule has 0 bridgehead atoms. The van der Waals surface area contributed by atoms with Gasteiger partial charge in [0.15, 0.2) is 0 Å². The maximum absolute atomic E-state index is 4.60. The van der Waals surface area contributed by atoms with Gasteiger partial charge in [0.2, 0.25) is 0 Å². The first-order chi connectivity index (χ1) is 7.25. The summed E-state index contributed by atoms with van der Waals surface area (Å²) in [6.07, 6.45) is 0. The minimum Gasteiger partial charge on any atom is -0.297 e. The van der Waals surface area contributed by atoms with Crippen LogP contribution >= 0.6 is 0 Å². The summed E-state index contributed by atoms with van der Waals surface area (Å²) in [7, 11) is 0. The zero-order chi connectivity index (χ0) is 10.4. The Balaban J connectivity index is 2.61. The number of aryl methyl sites for hydroxylation is 2. The zero-order valence-corrected chi connectivity index (χ0v) is 8.86. The Kier molecular flexibility index (Phi) is 1.60. The minimum absolute atomic E-state index is 1.04. The van der Waals surface area contributed by atoms with Gasteiger partial charge in [-0.05, 0) is 43.7 Å². The molecule has 0 radical (unpaired) electrons. The summed E-state index contributed by atoms with van der Waals surface area (Å²) < 4.78 is 2.20. The van der Waals surface area contributed by atoms with Crippen molar-refractivity contribution in [1.82, 2.24) is 9.38 Å². The van der Waals surface area contributed by atoms with E-state index >= 15 is 0 Å². The molecule has 0 aliphatic heterocycles. The number of fused-ring (bicyclic) bond motifs is 3. The molecule has 0 amide bonds. The van der Waals surface area contributed by atoms with E-state index in [1.54, 1.807) is 0 Å². The number of imidazole rings is 1. The van der Waals surface area contributed by atoms with Crippen LogP contribution in [0.1, 0.15) is 11.3 Å². The number of benzene rings is 1. The molecule has 0 aliphatic carbocycles. The lowest BCUT2D eigenvalue weighted by atomic mass is 10.2. The number of hydrogen-bond donors (Lipinski definition) is 0. The second-order valence-corrected chi connectivity index (χ2v) is 3.97. The van der Waals surface area contributed by atoms with E-state index in [-0.39, 0.29) is 0 Å². The molecule has 1 aromatic carbocycles. The number of aromatic nitrogens is 2. The maximum atomic E-state index is 4.60. The maximum Gasteiger partial charge on any atom is 0.138 e. The highest BCUT2D eigenvalue weighted by molar-refractivity contribution is 5.80. The Morgan fingerprint density at radius 1 is 1.07 bits per heavy atom. The Morgan fingerprint density at radius 2 is 1.87 bits per heavy atom. The van der Waals surface area contributed by atoms with Crippen LogP contribution in [0.4, 0.5) is 0 Å². The van der Waals surface area contributed by atoms with E-state index in [4.69, 9.17) is 0 Å². The molecule has 2 aromatic heterocycles. The number of rotatable bonds is 0. The molecule has 2 heterocycles. The number of hydrogen-bond acceptors (Lipinski definition) is 1. The highest BCUT2D eigenvalue weighted by Crippen LogP contribution is 2.19. The summed E-state index contributed by atoms with van der Waals surface area (Å²) >= 11 is 0. The van der Waals surface area contributed by atoms with Gasteiger partial charge in [-0.25, -0.2) is 4.98 Å². The van der Waals surface area contributed by atoms with Crippen molar-refractivity contribution in [2.45, 2.75) is 13.8 Å². The van der Waals surface area contributed by atoms with Crippen molar-refractivity contribution in [3.05, 3.63) is 47.7 Å². The summed E-state index contributed by atoms with van der Waals surface area (Å²) in [5, 5.41) is 0. The third-order valence-corrected chi connectivity index (χ3v) is 2.73. The second-order valence-electron chi connectivity index (χ2n) is 3.97. The number of pyridine rings is 1. The van der Waals surface area contributed by atoms with E-state index in [1.165, 1.54) is 16.8 Å². The quantitative estimate of drug-likeness (QED) is 0.540. The summed E-state index contributed by atoms with van der Waals surface area (Å²) in [4.78, 5) is 4.60. The van der Waals surface area contributed by atoms with Crippen LogP contribution in [0.3, 0.4) is 0 Å². The third-order valence-electron chi connectivity index (χ3n) is 2.73. The standard InChI is InChI=1S/C13H12N2/c1-9-7-10(2)15-12-6-4-3-5-11(12)14-13(15)8-9/h3-8H,1-2H3. The molecule has 0 spiro atoms. The van der Waals surface area contributed by atoms with E-state index in [9.17, 15) is 0 Å². The van der Waals surface area contributed by atoms with Crippen molar-refractivity contribution in [1.29, 1.82) is 0 Å². The molecule has 2 nitrogen and oxygen atoms in total. The molecule has 3 rings (SSSR count). The molecule has 0 N–H and O–H groups in total. The lowest BCUT2D eigenvalue weighted by Crippen LogP contribution is -1.91. The summed E-state index contributed by atoms with van der Waals surface area (Å²) in [5.41, 5.74) is 5.78. The van der Waals surface area contributed by atoms with E-state index in [0.717, 1.165) is 11.2 Å². The smallest absolute Gasteiger partial charge is 0.138 e. The van der Waals surface area contributed by atoms with Crippen LogP contribution in [0, 0.1) is 13.8 Å². The van der Waals surface area contributed by atoms with Crippen molar-refractivity contribution >= 4 is 16.7 Å². The average Bonchev–Trinajstić information content (AvgIpc) is 2.54. The normalized spacial score (nSPS) is 11.3. The van der Waals surface area contributed by atoms with Crippen LogP contribution in [-0.2, 0) is 0 Å². The van der Waals surface area contributed by atoms with Crippen LogP contribution in [0.2, 0.25) is 0 Å². The fourth-order valence-electron chi connectivity index (χ4n) is 2.15. The van der Waals surface area contributed by atoms with E-state index in [1.807, 2.05) is 6.07 Å². The molecule has 0 unspecified atom stereocenters. The first kappa shape index (κ1) is 8.48. The van der Waals surface area contributed by atoms with Gasteiger partial charge >= 0.3 is 0 Å². The lowest BCUT2D eigenvalue weighted by molar-refractivity contribution is 1.11. The molecular weight excluding hydrogens is 184 g/mol. The fraction of sp³-hybridized carbons (Fsp3) is 0.154. The zero-order valence-electron chi connectivity index (χ0n) is 8.86. The van der Waals surface area contributed by atoms with Crippen LogP contribution in [0.15, 0.2) is 36.4 Å². The van der Waals surface area contributed by atoms with Crippen molar-refractivity contribution in [2.24, 2.45) is 0 Å². The van der Waals surface area contributed by atoms with Crippen LogP contribution in [-0.4, -0.2) is 9.38 Å². The molecule has 0 saturated heterocycles. The van der Waals surface area contributed by atoms with Gasteiger partial charge in [0, 0.05) is 5.69 Å². The Morgan fingerprint density at radius 3 is 2.73 bits per heavy atom. The third kappa shape index (κ3) is 1.14. The SMILES string of the molecule is Cc1cc(C)n2c(c1)nc1ccccc12. The van der Waals surface area contributed by atoms with Crippen molar-refractivity contribution < 1.29 is 0 Å². The highest BCUT2D eigenvalue weighted by Gasteiger charge is 2.05. The van der Waals surface area contributed by atoms with Crippen molar-refractivity contribution in [2.75, 3.05) is 0 Å². The van der Waals surface area contributed by atoms with Gasteiger partial charge < -0.3 is 0 Å². The van der Waals surface area contributed by atoms with Crippen LogP contribution in [0.5, 0.6) is 0 Å². The fourth-order valence-corrected chi connectivity index (χ4v) is 2.15. The molecule has 74 valence electrons. The summed E-state index contributed by atoms with van der Waals surface area (Å²) in [6.45, 7) is 4.22. The molecule has 3 aromatic rings. The second kappa shape index (κ2) is 2.83. The van der Waals surface area contributed by atoms with Gasteiger partial charge in [-0.1, -0.05) is 12.1 Å². The van der Waals surface area contributed by atoms with Crippen LogP contribution in [0.25, 0.3) is 16.7 Å². The molecule has 0 fully saturated rings. The van der Waals surface area contributed by atoms with E-state index < -0.39 is 0 Å². The molecule has 0 saturated carbocycles. The van der Waals surface area contributed by atoms with Crippen molar-refractivity contribution in [3.63, 3.8) is 0 Å². The van der Waals surface area contributed by atoms with Gasteiger partial charge in [0.1, 0.15) is 5.65 Å². The molecule has 0 atom stereocenters.